The summed E-state index contributed by atoms with van der Waals surface area (Å²) in [6.07, 6.45) is 1.73. The Morgan fingerprint density at radius 3 is 2.61 bits per heavy atom. The van der Waals surface area contributed by atoms with Crippen molar-refractivity contribution in [2.45, 2.75) is 44.0 Å². The zero-order valence-corrected chi connectivity index (χ0v) is 15.3. The van der Waals surface area contributed by atoms with Crippen molar-refractivity contribution in [1.29, 1.82) is 0 Å². The fourth-order valence-electron chi connectivity index (χ4n) is 2.51. The Hall–Kier alpha value is -1.15. The second kappa shape index (κ2) is 7.17. The average molecular weight is 362 g/mol. The number of amides is 1. The molecule has 1 aliphatic heterocycles. The monoisotopic (exact) mass is 361 g/mol. The fourth-order valence-corrected chi connectivity index (χ4v) is 3.96. The van der Waals surface area contributed by atoms with Gasteiger partial charge in [0.15, 0.2) is 0 Å². The number of hydrogen-bond acceptors (Lipinski definition) is 4. The molecule has 1 aromatic carbocycles. The van der Waals surface area contributed by atoms with Gasteiger partial charge in [-0.3, -0.25) is 4.79 Å². The molecule has 1 aromatic rings. The molecule has 0 saturated carbocycles. The average Bonchev–Trinajstić information content (AvgIpc) is 2.44. The first-order valence-corrected chi connectivity index (χ1v) is 8.80. The summed E-state index contributed by atoms with van der Waals surface area (Å²) < 4.78 is 27.6. The number of carbonyl (C=O) groups excluding carboxylic acids is 1. The normalized spacial score (nSPS) is 14.9. The minimum absolute atomic E-state index is 0. The predicted molar refractivity (Wildman–Crippen MR) is 93.5 cm³/mol. The fraction of sp³-hybridized carbons (Fsp3) is 0.533. The maximum Gasteiger partial charge on any atom is 0.241 e. The van der Waals surface area contributed by atoms with Gasteiger partial charge in [0, 0.05) is 31.2 Å². The Bertz CT molecular complexity index is 689. The van der Waals surface area contributed by atoms with E-state index >= 15 is 0 Å². The predicted octanol–water partition coefficient (Wildman–Crippen LogP) is 1.42. The standard InChI is InChI=1S/C15H23N3O3S.ClH/c1-11(19)18-8-4-5-12-6-7-13(9-14(12)18)22(20,21)17-15(2,3)10-16;/h6-7,9,17H,4-5,8,10,16H2,1-3H3;1H. The Morgan fingerprint density at radius 2 is 2.04 bits per heavy atom. The lowest BCUT2D eigenvalue weighted by molar-refractivity contribution is -0.116. The highest BCUT2D eigenvalue weighted by atomic mass is 35.5. The van der Waals surface area contributed by atoms with E-state index < -0.39 is 15.6 Å². The number of halogens is 1. The van der Waals surface area contributed by atoms with E-state index in [4.69, 9.17) is 5.73 Å². The molecule has 0 bridgehead atoms. The summed E-state index contributed by atoms with van der Waals surface area (Å²) in [4.78, 5) is 13.5. The third kappa shape index (κ3) is 4.44. The highest BCUT2D eigenvalue weighted by Gasteiger charge is 2.27. The lowest BCUT2D eigenvalue weighted by Gasteiger charge is -2.29. The molecule has 0 saturated heterocycles. The van der Waals surface area contributed by atoms with Crippen LogP contribution in [0.4, 0.5) is 5.69 Å². The van der Waals surface area contributed by atoms with E-state index in [2.05, 4.69) is 4.72 Å². The molecule has 1 amide bonds. The first-order valence-electron chi connectivity index (χ1n) is 7.31. The number of nitrogens with two attached hydrogens (primary N) is 1. The number of hydrogen-bond donors (Lipinski definition) is 2. The van der Waals surface area contributed by atoms with E-state index in [0.717, 1.165) is 18.4 Å². The summed E-state index contributed by atoms with van der Waals surface area (Å²) in [7, 11) is -3.68. The maximum atomic E-state index is 12.5. The summed E-state index contributed by atoms with van der Waals surface area (Å²) in [5.41, 5.74) is 6.54. The molecule has 0 radical (unpaired) electrons. The molecule has 1 heterocycles. The van der Waals surface area contributed by atoms with E-state index in [1.54, 1.807) is 36.9 Å². The molecule has 0 aliphatic carbocycles. The second-order valence-electron chi connectivity index (χ2n) is 6.26. The van der Waals surface area contributed by atoms with Gasteiger partial charge < -0.3 is 10.6 Å². The molecule has 0 spiro atoms. The van der Waals surface area contributed by atoms with E-state index in [9.17, 15) is 13.2 Å². The largest absolute Gasteiger partial charge is 0.329 e. The highest BCUT2D eigenvalue weighted by Crippen LogP contribution is 2.30. The van der Waals surface area contributed by atoms with Gasteiger partial charge in [0.25, 0.3) is 0 Å². The lowest BCUT2D eigenvalue weighted by atomic mass is 10.0. The molecule has 1 aliphatic rings. The molecular formula is C15H24ClN3O3S. The zero-order chi connectivity index (χ0) is 16.5. The summed E-state index contributed by atoms with van der Waals surface area (Å²) in [6, 6.07) is 4.94. The number of benzene rings is 1. The molecule has 0 fully saturated rings. The number of sulfonamides is 1. The van der Waals surface area contributed by atoms with Gasteiger partial charge >= 0.3 is 0 Å². The third-order valence-corrected chi connectivity index (χ3v) is 5.48. The first kappa shape index (κ1) is 19.9. The van der Waals surface area contributed by atoms with Crippen LogP contribution in [0.1, 0.15) is 32.8 Å². The quantitative estimate of drug-likeness (QED) is 0.848. The van der Waals surface area contributed by atoms with Crippen molar-refractivity contribution < 1.29 is 13.2 Å². The van der Waals surface area contributed by atoms with Crippen LogP contribution in [0.2, 0.25) is 0 Å². The third-order valence-electron chi connectivity index (χ3n) is 3.79. The van der Waals surface area contributed by atoms with Crippen molar-refractivity contribution in [2.24, 2.45) is 5.73 Å². The smallest absolute Gasteiger partial charge is 0.241 e. The minimum atomic E-state index is -3.68. The Morgan fingerprint density at radius 1 is 1.39 bits per heavy atom. The van der Waals surface area contributed by atoms with Gasteiger partial charge in [-0.25, -0.2) is 13.1 Å². The van der Waals surface area contributed by atoms with E-state index in [0.29, 0.717) is 12.2 Å². The van der Waals surface area contributed by atoms with Crippen molar-refractivity contribution in [3.63, 3.8) is 0 Å². The number of nitrogens with zero attached hydrogens (tertiary/aromatic N) is 1. The van der Waals surface area contributed by atoms with Crippen LogP contribution in [0, 0.1) is 0 Å². The van der Waals surface area contributed by atoms with Crippen LogP contribution in [0.25, 0.3) is 0 Å². The van der Waals surface area contributed by atoms with Gasteiger partial charge in [-0.05, 0) is 44.4 Å². The SMILES string of the molecule is CC(=O)N1CCCc2ccc(S(=O)(=O)NC(C)(C)CN)cc21.Cl. The topological polar surface area (TPSA) is 92.5 Å². The zero-order valence-electron chi connectivity index (χ0n) is 13.6. The van der Waals surface area contributed by atoms with Crippen molar-refractivity contribution in [3.05, 3.63) is 23.8 Å². The molecule has 6 nitrogen and oxygen atoms in total. The maximum absolute atomic E-state index is 12.5. The first-order chi connectivity index (χ1) is 10.2. The van der Waals surface area contributed by atoms with Crippen molar-refractivity contribution in [3.8, 4) is 0 Å². The van der Waals surface area contributed by atoms with Gasteiger partial charge in [0.05, 0.1) is 4.90 Å². The van der Waals surface area contributed by atoms with Crippen molar-refractivity contribution >= 4 is 34.0 Å². The molecule has 2 rings (SSSR count). The number of rotatable bonds is 4. The van der Waals surface area contributed by atoms with Crippen molar-refractivity contribution in [2.75, 3.05) is 18.0 Å². The van der Waals surface area contributed by atoms with Gasteiger partial charge in [0.2, 0.25) is 15.9 Å². The molecule has 0 unspecified atom stereocenters. The number of fused-ring (bicyclic) bond motifs is 1. The van der Waals surface area contributed by atoms with Crippen LogP contribution < -0.4 is 15.4 Å². The molecule has 130 valence electrons. The number of nitrogens with one attached hydrogen (secondary N) is 1. The Labute approximate surface area is 143 Å². The number of carbonyl (C=O) groups is 1. The molecular weight excluding hydrogens is 338 g/mol. The van der Waals surface area contributed by atoms with E-state index in [1.165, 1.54) is 6.92 Å². The number of anilines is 1. The lowest BCUT2D eigenvalue weighted by Crippen LogP contribution is -2.48. The van der Waals surface area contributed by atoms with Crippen LogP contribution in [0.15, 0.2) is 23.1 Å². The minimum Gasteiger partial charge on any atom is -0.329 e. The second-order valence-corrected chi connectivity index (χ2v) is 7.94. The van der Waals surface area contributed by atoms with Crippen LogP contribution in [-0.4, -0.2) is 33.0 Å². The molecule has 3 N–H and O–H groups in total. The molecule has 0 atom stereocenters. The molecule has 8 heteroatoms. The van der Waals surface area contributed by atoms with Gasteiger partial charge in [-0.2, -0.15) is 0 Å². The highest BCUT2D eigenvalue weighted by molar-refractivity contribution is 7.89. The van der Waals surface area contributed by atoms with Crippen LogP contribution in [-0.2, 0) is 21.2 Å². The van der Waals surface area contributed by atoms with Gasteiger partial charge in [-0.1, -0.05) is 6.07 Å². The molecule has 0 aromatic heterocycles. The van der Waals surface area contributed by atoms with Crippen molar-refractivity contribution in [1.82, 2.24) is 4.72 Å². The summed E-state index contributed by atoms with van der Waals surface area (Å²) in [5, 5.41) is 0. The van der Waals surface area contributed by atoms with Gasteiger partial charge in [0.1, 0.15) is 0 Å². The summed E-state index contributed by atoms with van der Waals surface area (Å²) in [5.74, 6) is -0.0780. The summed E-state index contributed by atoms with van der Waals surface area (Å²) >= 11 is 0. The Kier molecular flexibility index (Phi) is 6.20. The van der Waals surface area contributed by atoms with Crippen LogP contribution in [0.3, 0.4) is 0 Å². The van der Waals surface area contributed by atoms with Gasteiger partial charge in [-0.15, -0.1) is 12.4 Å². The van der Waals surface area contributed by atoms with E-state index in [1.807, 2.05) is 0 Å². The Balaban J connectivity index is 0.00000264. The van der Waals surface area contributed by atoms with E-state index in [-0.39, 0.29) is 29.8 Å². The van der Waals surface area contributed by atoms with Crippen LogP contribution >= 0.6 is 12.4 Å². The summed E-state index contributed by atoms with van der Waals surface area (Å²) in [6.45, 7) is 5.76. The van der Waals surface area contributed by atoms with Crippen LogP contribution in [0.5, 0.6) is 0 Å². The number of aryl methyl sites for hydroxylation is 1. The molecule has 23 heavy (non-hydrogen) atoms.